The van der Waals surface area contributed by atoms with E-state index in [0.717, 1.165) is 15.9 Å². The van der Waals surface area contributed by atoms with Crippen molar-refractivity contribution in [3.05, 3.63) is 55.6 Å². The van der Waals surface area contributed by atoms with Crippen molar-refractivity contribution in [3.63, 3.8) is 0 Å². The van der Waals surface area contributed by atoms with Crippen LogP contribution >= 0.6 is 54.8 Å². The van der Waals surface area contributed by atoms with Crippen molar-refractivity contribution in [2.75, 3.05) is 0 Å². The molecule has 0 spiro atoms. The fraction of sp³-hybridized carbons (Fsp3) is 0.167. The summed E-state index contributed by atoms with van der Waals surface area (Å²) in [5, 5.41) is 5.03. The number of rotatable bonds is 3. The van der Waals surface area contributed by atoms with E-state index in [-0.39, 0.29) is 0 Å². The molecule has 0 saturated heterocycles. The van der Waals surface area contributed by atoms with Crippen molar-refractivity contribution >= 4 is 54.8 Å². The van der Waals surface area contributed by atoms with Crippen LogP contribution in [-0.2, 0) is 6.42 Å². The molecule has 1 aromatic carbocycles. The molecule has 1 aromatic heterocycles. The summed E-state index contributed by atoms with van der Waals surface area (Å²) in [5.74, 6) is 0. The largest absolute Gasteiger partial charge is 0.152 e. The van der Waals surface area contributed by atoms with Gasteiger partial charge in [0.1, 0.15) is 0 Å². The molecule has 2 aromatic rings. The minimum atomic E-state index is 0.313. The summed E-state index contributed by atoms with van der Waals surface area (Å²) in [6.07, 6.45) is 0.988. The van der Waals surface area contributed by atoms with E-state index in [1.807, 2.05) is 12.1 Å². The second-order valence-electron chi connectivity index (χ2n) is 3.48. The molecule has 0 bridgehead atoms. The highest BCUT2D eigenvalue weighted by Crippen LogP contribution is 2.32. The Morgan fingerprint density at radius 2 is 2.12 bits per heavy atom. The van der Waals surface area contributed by atoms with E-state index in [4.69, 9.17) is 11.6 Å². The number of alkyl halides is 1. The lowest BCUT2D eigenvalue weighted by atomic mass is 10.1. The lowest BCUT2D eigenvalue weighted by molar-refractivity contribution is 0.954. The Morgan fingerprint density at radius 3 is 2.75 bits per heavy atom. The van der Waals surface area contributed by atoms with Gasteiger partial charge >= 0.3 is 0 Å². The van der Waals surface area contributed by atoms with E-state index in [9.17, 15) is 0 Å². The minimum absolute atomic E-state index is 0.313. The van der Waals surface area contributed by atoms with E-state index in [1.165, 1.54) is 11.1 Å². The normalized spacial score (nSPS) is 12.7. The molecule has 0 fully saturated rings. The third-order valence-electron chi connectivity index (χ3n) is 2.30. The van der Waals surface area contributed by atoms with Crippen LogP contribution in [0.2, 0.25) is 5.02 Å². The third kappa shape index (κ3) is 3.10. The topological polar surface area (TPSA) is 0 Å². The van der Waals surface area contributed by atoms with Crippen LogP contribution in [0.25, 0.3) is 0 Å². The van der Waals surface area contributed by atoms with Gasteiger partial charge in [0.2, 0.25) is 0 Å². The van der Waals surface area contributed by atoms with E-state index >= 15 is 0 Å². The summed E-state index contributed by atoms with van der Waals surface area (Å²) in [6, 6.07) is 8.22. The molecule has 0 aliphatic carbocycles. The van der Waals surface area contributed by atoms with Gasteiger partial charge in [-0.05, 0) is 62.4 Å². The van der Waals surface area contributed by atoms with Crippen LogP contribution in [0.4, 0.5) is 0 Å². The van der Waals surface area contributed by atoms with Gasteiger partial charge in [-0.3, -0.25) is 0 Å². The molecule has 1 heterocycles. The maximum atomic E-state index is 6.07. The zero-order valence-corrected chi connectivity index (χ0v) is 13.0. The van der Waals surface area contributed by atoms with Crippen LogP contribution in [-0.4, -0.2) is 0 Å². The summed E-state index contributed by atoms with van der Waals surface area (Å²) >= 11 is 14.9. The lowest BCUT2D eigenvalue weighted by Gasteiger charge is -2.10. The Morgan fingerprint density at radius 1 is 1.31 bits per heavy atom. The van der Waals surface area contributed by atoms with Crippen LogP contribution in [0.3, 0.4) is 0 Å². The third-order valence-corrected chi connectivity index (χ3v) is 5.12. The molecule has 0 nitrogen and oxygen atoms in total. The average molecular weight is 381 g/mol. The fourth-order valence-corrected chi connectivity index (χ4v) is 3.22. The molecule has 4 heteroatoms. The Hall–Kier alpha value is 0.170. The first kappa shape index (κ1) is 12.6. The van der Waals surface area contributed by atoms with E-state index < -0.39 is 0 Å². The zero-order chi connectivity index (χ0) is 11.5. The van der Waals surface area contributed by atoms with Gasteiger partial charge in [0, 0.05) is 9.30 Å². The molecule has 0 aliphatic heterocycles. The van der Waals surface area contributed by atoms with Crippen molar-refractivity contribution in [2.24, 2.45) is 0 Å². The molecule has 16 heavy (non-hydrogen) atoms. The Labute approximate surface area is 121 Å². The number of hydrogen-bond donors (Lipinski definition) is 0. The molecule has 0 radical (unpaired) electrons. The highest BCUT2D eigenvalue weighted by atomic mass is 79.9. The van der Waals surface area contributed by atoms with Crippen LogP contribution in [0.1, 0.15) is 16.0 Å². The first-order valence-electron chi connectivity index (χ1n) is 4.77. The van der Waals surface area contributed by atoms with Crippen molar-refractivity contribution < 1.29 is 0 Å². The van der Waals surface area contributed by atoms with E-state index in [2.05, 4.69) is 54.8 Å². The van der Waals surface area contributed by atoms with Gasteiger partial charge in [-0.25, -0.2) is 0 Å². The molecular weight excluding hydrogens is 371 g/mol. The van der Waals surface area contributed by atoms with Gasteiger partial charge in [-0.1, -0.05) is 33.6 Å². The maximum absolute atomic E-state index is 6.07. The molecular formula is C12H9Br2ClS. The summed E-state index contributed by atoms with van der Waals surface area (Å²) in [7, 11) is 0. The standard InChI is InChI=1S/C12H9Br2ClS/c13-10-2-1-9(6-12(10)15)11(14)5-8-3-4-16-7-8/h1-4,6-7,11H,5H2. The molecule has 0 N–H and O–H groups in total. The van der Waals surface area contributed by atoms with Crippen LogP contribution in [0.15, 0.2) is 39.5 Å². The van der Waals surface area contributed by atoms with Gasteiger partial charge in [-0.2, -0.15) is 11.3 Å². The van der Waals surface area contributed by atoms with Crippen molar-refractivity contribution in [1.82, 2.24) is 0 Å². The summed E-state index contributed by atoms with van der Waals surface area (Å²) in [5.41, 5.74) is 2.56. The molecule has 1 unspecified atom stereocenters. The highest BCUT2D eigenvalue weighted by molar-refractivity contribution is 9.10. The molecule has 0 amide bonds. The van der Waals surface area contributed by atoms with Gasteiger partial charge in [0.15, 0.2) is 0 Å². The quantitative estimate of drug-likeness (QED) is 0.587. The number of hydrogen-bond acceptors (Lipinski definition) is 1. The Bertz CT molecular complexity index is 468. The maximum Gasteiger partial charge on any atom is 0.0551 e. The number of thiophene rings is 1. The predicted molar refractivity (Wildman–Crippen MR) is 78.8 cm³/mol. The van der Waals surface area contributed by atoms with Crippen LogP contribution < -0.4 is 0 Å². The van der Waals surface area contributed by atoms with Crippen molar-refractivity contribution in [2.45, 2.75) is 11.2 Å². The second-order valence-corrected chi connectivity index (χ2v) is 6.62. The molecule has 0 saturated carbocycles. The Kier molecular flexibility index (Phi) is 4.48. The van der Waals surface area contributed by atoms with Gasteiger partial charge in [-0.15, -0.1) is 0 Å². The second kappa shape index (κ2) is 5.67. The van der Waals surface area contributed by atoms with Gasteiger partial charge < -0.3 is 0 Å². The molecule has 84 valence electrons. The fourth-order valence-electron chi connectivity index (χ4n) is 1.44. The summed E-state index contributed by atoms with van der Waals surface area (Å²) < 4.78 is 0.938. The van der Waals surface area contributed by atoms with E-state index in [1.54, 1.807) is 11.3 Å². The zero-order valence-electron chi connectivity index (χ0n) is 8.29. The summed E-state index contributed by atoms with van der Waals surface area (Å²) in [6.45, 7) is 0. The van der Waals surface area contributed by atoms with Crippen molar-refractivity contribution in [3.8, 4) is 0 Å². The number of benzene rings is 1. The molecule has 1 atom stereocenters. The highest BCUT2D eigenvalue weighted by Gasteiger charge is 2.10. The monoisotopic (exact) mass is 378 g/mol. The molecule has 2 rings (SSSR count). The first-order valence-corrected chi connectivity index (χ1v) is 7.80. The number of halogens is 3. The minimum Gasteiger partial charge on any atom is -0.152 e. The van der Waals surface area contributed by atoms with E-state index in [0.29, 0.717) is 4.83 Å². The predicted octanol–water partition coefficient (Wildman–Crippen LogP) is 5.84. The van der Waals surface area contributed by atoms with Crippen LogP contribution in [0.5, 0.6) is 0 Å². The smallest absolute Gasteiger partial charge is 0.0551 e. The Balaban J connectivity index is 2.14. The van der Waals surface area contributed by atoms with Crippen LogP contribution in [0, 0.1) is 0 Å². The van der Waals surface area contributed by atoms with Gasteiger partial charge in [0.25, 0.3) is 0 Å². The summed E-state index contributed by atoms with van der Waals surface area (Å²) in [4.78, 5) is 0.313. The molecule has 0 aliphatic rings. The van der Waals surface area contributed by atoms with Crippen molar-refractivity contribution in [1.29, 1.82) is 0 Å². The SMILES string of the molecule is Clc1cc(C(Br)Cc2ccsc2)ccc1Br. The lowest BCUT2D eigenvalue weighted by Crippen LogP contribution is -1.94. The average Bonchev–Trinajstić information content (AvgIpc) is 2.74. The van der Waals surface area contributed by atoms with Gasteiger partial charge in [0.05, 0.1) is 5.02 Å². The first-order chi connectivity index (χ1) is 7.66.